The number of hydrogen-bond acceptors (Lipinski definition) is 4. The molecule has 1 N–H and O–H groups in total. The van der Waals surface area contributed by atoms with Crippen molar-refractivity contribution in [2.45, 2.75) is 71.1 Å². The van der Waals surface area contributed by atoms with Crippen LogP contribution in [0.5, 0.6) is 17.2 Å². The van der Waals surface area contributed by atoms with Crippen LogP contribution in [0.3, 0.4) is 0 Å². The molecule has 2 atom stereocenters. The summed E-state index contributed by atoms with van der Waals surface area (Å²) in [6.45, 7) is 3.02. The average molecular weight is 508 g/mol. The van der Waals surface area contributed by atoms with Crippen molar-refractivity contribution in [2.75, 3.05) is 27.4 Å². The second-order valence-corrected chi connectivity index (χ2v) is 10.1. The second-order valence-electron chi connectivity index (χ2n) is 10.1. The molecule has 1 amide bonds. The van der Waals surface area contributed by atoms with Crippen LogP contribution < -0.4 is 19.5 Å². The monoisotopic (exact) mass is 507 g/mol. The number of carbonyl (C=O) groups excluding carboxylic acids is 1. The minimum Gasteiger partial charge on any atom is -0.493 e. The van der Waals surface area contributed by atoms with Crippen molar-refractivity contribution in [3.63, 3.8) is 0 Å². The molecule has 2 aromatic rings. The number of hydrogen-bond donors (Lipinski definition) is 1. The molecular formula is C32H45NO4. The second kappa shape index (κ2) is 16.0. The van der Waals surface area contributed by atoms with Gasteiger partial charge in [0.2, 0.25) is 0 Å². The summed E-state index contributed by atoms with van der Waals surface area (Å²) in [6, 6.07) is 14.1. The van der Waals surface area contributed by atoms with E-state index in [4.69, 9.17) is 14.2 Å². The zero-order chi connectivity index (χ0) is 26.3. The standard InChI is InChI=1S/C32H45NO4/c1-4-25(20-26-12-8-6-5-7-9-13-26)23-33-32(34)24-37-29-17-11-16-27(21-29)14-10-15-28-18-19-30(35-2)31(22-28)36-3/h5-6,11,16-19,21-22,25-26H,4,7-10,12-15,20,23-24H2,1-3H3,(H,33,34)/b6-5+. The van der Waals surface area contributed by atoms with Crippen molar-refractivity contribution in [2.24, 2.45) is 11.8 Å². The Balaban J connectivity index is 1.39. The molecule has 5 heteroatoms. The first-order valence-electron chi connectivity index (χ1n) is 14.0. The molecule has 37 heavy (non-hydrogen) atoms. The molecule has 0 aliphatic heterocycles. The van der Waals surface area contributed by atoms with E-state index in [1.807, 2.05) is 30.3 Å². The quantitative estimate of drug-likeness (QED) is 0.282. The van der Waals surface area contributed by atoms with E-state index in [0.29, 0.717) is 5.92 Å². The summed E-state index contributed by atoms with van der Waals surface area (Å²) in [5.41, 5.74) is 2.43. The molecule has 0 bridgehead atoms. The van der Waals surface area contributed by atoms with Crippen LogP contribution in [-0.2, 0) is 17.6 Å². The lowest BCUT2D eigenvalue weighted by Gasteiger charge is -2.23. The zero-order valence-corrected chi connectivity index (χ0v) is 23.0. The third kappa shape index (κ3) is 10.1. The van der Waals surface area contributed by atoms with Gasteiger partial charge in [0.05, 0.1) is 14.2 Å². The van der Waals surface area contributed by atoms with Crippen molar-refractivity contribution < 1.29 is 19.0 Å². The normalized spacial score (nSPS) is 17.2. The smallest absolute Gasteiger partial charge is 0.257 e. The fourth-order valence-corrected chi connectivity index (χ4v) is 5.12. The SMILES string of the molecule is CCC(CNC(=O)COc1cccc(CCCc2ccc(OC)c(OC)c2)c1)CC1CC/C=C/CCC1. The number of methoxy groups -OCH3 is 2. The third-order valence-corrected chi connectivity index (χ3v) is 7.37. The van der Waals surface area contributed by atoms with Gasteiger partial charge in [-0.1, -0.05) is 50.1 Å². The minimum absolute atomic E-state index is 0.0436. The summed E-state index contributed by atoms with van der Waals surface area (Å²) in [5, 5.41) is 3.11. The Morgan fingerprint density at radius 1 is 0.973 bits per heavy atom. The number of aryl methyl sites for hydroxylation is 2. The first-order chi connectivity index (χ1) is 18.1. The summed E-state index contributed by atoms with van der Waals surface area (Å²) in [4.78, 5) is 12.5. The van der Waals surface area contributed by atoms with Crippen LogP contribution in [0.25, 0.3) is 0 Å². The topological polar surface area (TPSA) is 56.8 Å². The van der Waals surface area contributed by atoms with Crippen LogP contribution in [0.1, 0.15) is 69.4 Å². The van der Waals surface area contributed by atoms with Crippen LogP contribution >= 0.6 is 0 Å². The van der Waals surface area contributed by atoms with E-state index in [9.17, 15) is 4.79 Å². The Bertz CT molecular complexity index is 987. The van der Waals surface area contributed by atoms with Crippen LogP contribution in [0.2, 0.25) is 0 Å². The van der Waals surface area contributed by atoms with Gasteiger partial charge in [0.15, 0.2) is 18.1 Å². The fraction of sp³-hybridized carbons (Fsp3) is 0.531. The van der Waals surface area contributed by atoms with Crippen LogP contribution in [0.4, 0.5) is 0 Å². The van der Waals surface area contributed by atoms with Crippen molar-refractivity contribution in [3.05, 3.63) is 65.7 Å². The van der Waals surface area contributed by atoms with E-state index >= 15 is 0 Å². The van der Waals surface area contributed by atoms with Crippen LogP contribution in [-0.4, -0.2) is 33.3 Å². The minimum atomic E-state index is -0.0436. The molecular weight excluding hydrogens is 462 g/mol. The maximum Gasteiger partial charge on any atom is 0.257 e. The first-order valence-corrected chi connectivity index (χ1v) is 14.0. The summed E-state index contributed by atoms with van der Waals surface area (Å²) < 4.78 is 16.6. The number of ether oxygens (including phenoxy) is 3. The molecule has 2 aromatic carbocycles. The largest absolute Gasteiger partial charge is 0.493 e. The average Bonchev–Trinajstić information content (AvgIpc) is 2.91. The highest BCUT2D eigenvalue weighted by Gasteiger charge is 2.17. The number of benzene rings is 2. The molecule has 2 unspecified atom stereocenters. The molecule has 0 radical (unpaired) electrons. The van der Waals surface area contributed by atoms with Gasteiger partial charge in [0.1, 0.15) is 5.75 Å². The Hall–Kier alpha value is -2.95. The number of carbonyl (C=O) groups is 1. The molecule has 0 heterocycles. The molecule has 0 saturated carbocycles. The van der Waals surface area contributed by atoms with E-state index in [2.05, 4.69) is 36.5 Å². The van der Waals surface area contributed by atoms with Gasteiger partial charge in [-0.15, -0.1) is 0 Å². The summed E-state index contributed by atoms with van der Waals surface area (Å²) in [7, 11) is 3.31. The van der Waals surface area contributed by atoms with Gasteiger partial charge < -0.3 is 19.5 Å². The molecule has 1 aliphatic rings. The summed E-state index contributed by atoms with van der Waals surface area (Å²) in [5.74, 6) is 3.52. The lowest BCUT2D eigenvalue weighted by molar-refractivity contribution is -0.123. The highest BCUT2D eigenvalue weighted by atomic mass is 16.5. The van der Waals surface area contributed by atoms with Crippen LogP contribution in [0.15, 0.2) is 54.6 Å². The number of amides is 1. The van der Waals surface area contributed by atoms with Crippen molar-refractivity contribution >= 4 is 5.91 Å². The fourth-order valence-electron chi connectivity index (χ4n) is 5.12. The molecule has 3 rings (SSSR count). The van der Waals surface area contributed by atoms with Gasteiger partial charge in [-0.05, 0) is 98.6 Å². The van der Waals surface area contributed by atoms with E-state index in [1.165, 1.54) is 49.7 Å². The molecule has 0 saturated heterocycles. The Labute approximate surface area is 223 Å². The first kappa shape index (κ1) is 28.6. The van der Waals surface area contributed by atoms with Gasteiger partial charge in [-0.2, -0.15) is 0 Å². The van der Waals surface area contributed by atoms with E-state index in [0.717, 1.165) is 55.4 Å². The Morgan fingerprint density at radius 3 is 2.54 bits per heavy atom. The van der Waals surface area contributed by atoms with Gasteiger partial charge >= 0.3 is 0 Å². The van der Waals surface area contributed by atoms with Crippen molar-refractivity contribution in [1.82, 2.24) is 5.32 Å². The van der Waals surface area contributed by atoms with Crippen molar-refractivity contribution in [1.29, 1.82) is 0 Å². The maximum atomic E-state index is 12.5. The molecule has 5 nitrogen and oxygen atoms in total. The zero-order valence-electron chi connectivity index (χ0n) is 23.0. The Morgan fingerprint density at radius 2 is 1.76 bits per heavy atom. The number of rotatable bonds is 14. The highest BCUT2D eigenvalue weighted by Crippen LogP contribution is 2.28. The third-order valence-electron chi connectivity index (χ3n) is 7.37. The molecule has 0 aromatic heterocycles. The van der Waals surface area contributed by atoms with Gasteiger partial charge in [-0.25, -0.2) is 0 Å². The lowest BCUT2D eigenvalue weighted by Crippen LogP contribution is -2.33. The maximum absolute atomic E-state index is 12.5. The predicted molar refractivity (Wildman–Crippen MR) is 151 cm³/mol. The summed E-state index contributed by atoms with van der Waals surface area (Å²) >= 11 is 0. The Kier molecular flexibility index (Phi) is 12.4. The molecule has 1 aliphatic carbocycles. The van der Waals surface area contributed by atoms with E-state index in [1.54, 1.807) is 14.2 Å². The van der Waals surface area contributed by atoms with E-state index < -0.39 is 0 Å². The van der Waals surface area contributed by atoms with Gasteiger partial charge in [0, 0.05) is 6.54 Å². The van der Waals surface area contributed by atoms with Gasteiger partial charge in [-0.3, -0.25) is 4.79 Å². The molecule has 202 valence electrons. The molecule has 0 spiro atoms. The molecule has 0 fully saturated rings. The number of nitrogens with one attached hydrogen (secondary N) is 1. The predicted octanol–water partition coefficient (Wildman–Crippen LogP) is 6.93. The highest BCUT2D eigenvalue weighted by molar-refractivity contribution is 5.77. The number of allylic oxidation sites excluding steroid dienone is 2. The van der Waals surface area contributed by atoms with E-state index in [-0.39, 0.29) is 12.5 Å². The lowest BCUT2D eigenvalue weighted by atomic mass is 9.85. The summed E-state index contributed by atoms with van der Waals surface area (Å²) in [6.07, 6.45) is 16.1. The van der Waals surface area contributed by atoms with Crippen LogP contribution in [0, 0.1) is 11.8 Å². The van der Waals surface area contributed by atoms with Gasteiger partial charge in [0.25, 0.3) is 5.91 Å². The van der Waals surface area contributed by atoms with Crippen molar-refractivity contribution in [3.8, 4) is 17.2 Å².